The molecule has 22 heavy (non-hydrogen) atoms. The summed E-state index contributed by atoms with van der Waals surface area (Å²) in [6, 6.07) is 5.86. The molecule has 0 saturated carbocycles. The molecule has 1 amide bonds. The molecule has 6 heteroatoms. The second-order valence-electron chi connectivity index (χ2n) is 5.74. The second-order valence-corrected chi connectivity index (χ2v) is 5.74. The molecule has 0 atom stereocenters. The van der Waals surface area contributed by atoms with Gasteiger partial charge in [0.15, 0.2) is 0 Å². The Balaban J connectivity index is 1.81. The molecular weight excluding hydrogens is 282 g/mol. The third-order valence-electron chi connectivity index (χ3n) is 4.07. The third kappa shape index (κ3) is 4.54. The van der Waals surface area contributed by atoms with Gasteiger partial charge < -0.3 is 10.4 Å². The van der Waals surface area contributed by atoms with Crippen molar-refractivity contribution in [1.29, 1.82) is 0 Å². The molecule has 1 fully saturated rings. The average molecular weight is 305 g/mol. The molecule has 0 radical (unpaired) electrons. The zero-order valence-corrected chi connectivity index (χ0v) is 13.1. The minimum atomic E-state index is -0.805. The van der Waals surface area contributed by atoms with Gasteiger partial charge in [0.25, 0.3) is 0 Å². The fourth-order valence-corrected chi connectivity index (χ4v) is 2.58. The van der Waals surface area contributed by atoms with Gasteiger partial charge in [0.05, 0.1) is 13.1 Å². The number of piperazine rings is 1. The van der Waals surface area contributed by atoms with Crippen LogP contribution in [0.1, 0.15) is 11.1 Å². The largest absolute Gasteiger partial charge is 0.480 e. The number of amides is 1. The number of anilines is 1. The Hall–Kier alpha value is -1.92. The van der Waals surface area contributed by atoms with Gasteiger partial charge in [0.2, 0.25) is 5.91 Å². The van der Waals surface area contributed by atoms with Crippen molar-refractivity contribution in [1.82, 2.24) is 9.80 Å². The van der Waals surface area contributed by atoms with E-state index in [2.05, 4.69) is 10.2 Å². The minimum absolute atomic E-state index is 0.0274. The summed E-state index contributed by atoms with van der Waals surface area (Å²) in [6.07, 6.45) is 0. The van der Waals surface area contributed by atoms with E-state index in [-0.39, 0.29) is 12.5 Å². The Labute approximate surface area is 130 Å². The predicted molar refractivity (Wildman–Crippen MR) is 85.1 cm³/mol. The third-order valence-corrected chi connectivity index (χ3v) is 4.07. The van der Waals surface area contributed by atoms with Gasteiger partial charge in [-0.1, -0.05) is 12.1 Å². The standard InChI is InChI=1S/C16H23N3O3/c1-12-4-3-5-14(13(12)2)17-15(20)10-18-6-8-19(9-7-18)11-16(21)22/h3-5H,6-11H2,1-2H3,(H,17,20)(H,21,22). The van der Waals surface area contributed by atoms with Crippen LogP contribution < -0.4 is 5.32 Å². The number of carboxylic acids is 1. The molecule has 1 heterocycles. The van der Waals surface area contributed by atoms with Crippen LogP contribution >= 0.6 is 0 Å². The smallest absolute Gasteiger partial charge is 0.317 e. The van der Waals surface area contributed by atoms with Crippen molar-refractivity contribution < 1.29 is 14.7 Å². The highest BCUT2D eigenvalue weighted by Crippen LogP contribution is 2.17. The van der Waals surface area contributed by atoms with E-state index >= 15 is 0 Å². The van der Waals surface area contributed by atoms with Gasteiger partial charge in [0, 0.05) is 31.9 Å². The molecule has 0 aromatic heterocycles. The molecule has 2 N–H and O–H groups in total. The molecule has 1 aliphatic rings. The fraction of sp³-hybridized carbons (Fsp3) is 0.500. The maximum absolute atomic E-state index is 12.1. The number of carboxylic acid groups (broad SMARTS) is 1. The van der Waals surface area contributed by atoms with E-state index in [9.17, 15) is 9.59 Å². The van der Waals surface area contributed by atoms with Crippen LogP contribution in [0, 0.1) is 13.8 Å². The quantitative estimate of drug-likeness (QED) is 0.847. The van der Waals surface area contributed by atoms with Crippen LogP contribution in [0.4, 0.5) is 5.69 Å². The Morgan fingerprint density at radius 2 is 1.68 bits per heavy atom. The van der Waals surface area contributed by atoms with Crippen molar-refractivity contribution >= 4 is 17.6 Å². The van der Waals surface area contributed by atoms with Crippen LogP contribution in [0.15, 0.2) is 18.2 Å². The number of hydrogen-bond donors (Lipinski definition) is 2. The first-order valence-corrected chi connectivity index (χ1v) is 7.48. The fourth-order valence-electron chi connectivity index (χ4n) is 2.58. The van der Waals surface area contributed by atoms with Crippen molar-refractivity contribution in [2.75, 3.05) is 44.6 Å². The average Bonchev–Trinajstić information content (AvgIpc) is 2.45. The molecule has 6 nitrogen and oxygen atoms in total. The molecule has 120 valence electrons. The van der Waals surface area contributed by atoms with Crippen LogP contribution in [-0.4, -0.2) is 66.1 Å². The Bertz CT molecular complexity index is 552. The van der Waals surface area contributed by atoms with Crippen molar-refractivity contribution in [2.24, 2.45) is 0 Å². The van der Waals surface area contributed by atoms with Gasteiger partial charge in [0.1, 0.15) is 0 Å². The number of aliphatic carboxylic acids is 1. The second kappa shape index (κ2) is 7.38. The molecule has 0 bridgehead atoms. The Morgan fingerprint density at radius 3 is 2.27 bits per heavy atom. The number of benzene rings is 1. The van der Waals surface area contributed by atoms with Gasteiger partial charge >= 0.3 is 5.97 Å². The highest BCUT2D eigenvalue weighted by Gasteiger charge is 2.20. The first kappa shape index (κ1) is 16.5. The molecular formula is C16H23N3O3. The monoisotopic (exact) mass is 305 g/mol. The number of nitrogens with one attached hydrogen (secondary N) is 1. The van der Waals surface area contributed by atoms with Crippen molar-refractivity contribution in [2.45, 2.75) is 13.8 Å². The summed E-state index contributed by atoms with van der Waals surface area (Å²) in [5.41, 5.74) is 3.09. The Morgan fingerprint density at radius 1 is 1.09 bits per heavy atom. The van der Waals surface area contributed by atoms with Gasteiger partial charge in [-0.2, -0.15) is 0 Å². The lowest BCUT2D eigenvalue weighted by Gasteiger charge is -2.33. The first-order valence-electron chi connectivity index (χ1n) is 7.48. The highest BCUT2D eigenvalue weighted by molar-refractivity contribution is 5.93. The molecule has 0 unspecified atom stereocenters. The van der Waals surface area contributed by atoms with Crippen molar-refractivity contribution in [3.63, 3.8) is 0 Å². The van der Waals surface area contributed by atoms with Crippen LogP contribution in [-0.2, 0) is 9.59 Å². The lowest BCUT2D eigenvalue weighted by molar-refractivity contribution is -0.139. The van der Waals surface area contributed by atoms with Gasteiger partial charge in [-0.3, -0.25) is 19.4 Å². The van der Waals surface area contributed by atoms with E-state index < -0.39 is 5.97 Å². The molecule has 0 spiro atoms. The zero-order valence-electron chi connectivity index (χ0n) is 13.1. The molecule has 1 aliphatic heterocycles. The van der Waals surface area contributed by atoms with E-state index in [0.717, 1.165) is 16.8 Å². The summed E-state index contributed by atoms with van der Waals surface area (Å²) < 4.78 is 0. The van der Waals surface area contributed by atoms with Crippen LogP contribution in [0.2, 0.25) is 0 Å². The Kier molecular flexibility index (Phi) is 5.51. The zero-order chi connectivity index (χ0) is 16.1. The number of aryl methyl sites for hydroxylation is 1. The van der Waals surface area contributed by atoms with Crippen molar-refractivity contribution in [3.8, 4) is 0 Å². The number of carbonyl (C=O) groups is 2. The number of hydrogen-bond acceptors (Lipinski definition) is 4. The molecule has 0 aliphatic carbocycles. The van der Waals surface area contributed by atoms with E-state index in [1.807, 2.05) is 36.9 Å². The lowest BCUT2D eigenvalue weighted by atomic mass is 10.1. The maximum atomic E-state index is 12.1. The van der Waals surface area contributed by atoms with Gasteiger partial charge in [-0.25, -0.2) is 0 Å². The number of nitrogens with zero attached hydrogens (tertiary/aromatic N) is 2. The maximum Gasteiger partial charge on any atom is 0.317 e. The van der Waals surface area contributed by atoms with E-state index in [0.29, 0.717) is 32.7 Å². The molecule has 1 saturated heterocycles. The summed E-state index contributed by atoms with van der Waals surface area (Å²) in [5.74, 6) is -0.832. The molecule has 1 aromatic rings. The summed E-state index contributed by atoms with van der Waals surface area (Å²) in [7, 11) is 0. The summed E-state index contributed by atoms with van der Waals surface area (Å²) in [6.45, 7) is 7.23. The molecule has 1 aromatic carbocycles. The van der Waals surface area contributed by atoms with E-state index in [4.69, 9.17) is 5.11 Å². The van der Waals surface area contributed by atoms with Crippen molar-refractivity contribution in [3.05, 3.63) is 29.3 Å². The number of rotatable bonds is 5. The summed E-state index contributed by atoms with van der Waals surface area (Å²) in [5, 5.41) is 11.7. The SMILES string of the molecule is Cc1cccc(NC(=O)CN2CCN(CC(=O)O)CC2)c1C. The van der Waals surface area contributed by atoms with Crippen LogP contribution in [0.5, 0.6) is 0 Å². The van der Waals surface area contributed by atoms with Gasteiger partial charge in [-0.05, 0) is 31.0 Å². The van der Waals surface area contributed by atoms with E-state index in [1.165, 1.54) is 0 Å². The predicted octanol–water partition coefficient (Wildman–Crippen LogP) is 0.944. The topological polar surface area (TPSA) is 72.9 Å². The lowest BCUT2D eigenvalue weighted by Crippen LogP contribution is -2.49. The van der Waals surface area contributed by atoms with E-state index in [1.54, 1.807) is 0 Å². The normalized spacial score (nSPS) is 16.5. The van der Waals surface area contributed by atoms with Gasteiger partial charge in [-0.15, -0.1) is 0 Å². The summed E-state index contributed by atoms with van der Waals surface area (Å²) >= 11 is 0. The highest BCUT2D eigenvalue weighted by atomic mass is 16.4. The molecule has 2 rings (SSSR count). The number of carbonyl (C=O) groups excluding carboxylic acids is 1. The summed E-state index contributed by atoms with van der Waals surface area (Å²) in [4.78, 5) is 26.8. The minimum Gasteiger partial charge on any atom is -0.480 e. The van der Waals surface area contributed by atoms with Crippen LogP contribution in [0.3, 0.4) is 0 Å². The first-order chi connectivity index (χ1) is 10.5. The van der Waals surface area contributed by atoms with Crippen LogP contribution in [0.25, 0.3) is 0 Å².